The van der Waals surface area contributed by atoms with Gasteiger partial charge in [-0.1, -0.05) is 71.9 Å². The third-order valence-electron chi connectivity index (χ3n) is 4.38. The number of phenols is 1. The van der Waals surface area contributed by atoms with Gasteiger partial charge in [0.1, 0.15) is 5.75 Å². The molecule has 0 heterocycles. The summed E-state index contributed by atoms with van der Waals surface area (Å²) in [7, 11) is 0. The lowest BCUT2D eigenvalue weighted by atomic mass is 9.77. The van der Waals surface area contributed by atoms with Crippen molar-refractivity contribution in [2.24, 2.45) is 0 Å². The van der Waals surface area contributed by atoms with Crippen LogP contribution in [0, 0.1) is 0 Å². The summed E-state index contributed by atoms with van der Waals surface area (Å²) in [6.07, 6.45) is 1.67. The molecule has 138 valence electrons. The van der Waals surface area contributed by atoms with E-state index >= 15 is 0 Å². The molecule has 0 saturated heterocycles. The molecule has 0 spiro atoms. The molecule has 2 N–H and O–H groups in total. The van der Waals surface area contributed by atoms with E-state index in [1.165, 1.54) is 0 Å². The second-order valence-electron chi connectivity index (χ2n) is 8.69. The van der Waals surface area contributed by atoms with Gasteiger partial charge in [0, 0.05) is 11.1 Å². The van der Waals surface area contributed by atoms with Crippen LogP contribution in [0.25, 0.3) is 11.6 Å². The van der Waals surface area contributed by atoms with Crippen LogP contribution < -0.4 is 0 Å². The first-order valence-electron chi connectivity index (χ1n) is 8.79. The summed E-state index contributed by atoms with van der Waals surface area (Å²) in [5.74, 6) is -0.738. The lowest BCUT2D eigenvalue weighted by Gasteiger charge is -2.28. The average molecular weight is 352 g/mol. The Morgan fingerprint density at radius 2 is 1.35 bits per heavy atom. The first-order chi connectivity index (χ1) is 11.9. The number of aliphatic carboxylic acids is 1. The van der Waals surface area contributed by atoms with Gasteiger partial charge in [0.2, 0.25) is 0 Å². The first-order valence-corrected chi connectivity index (χ1v) is 8.79. The van der Waals surface area contributed by atoms with E-state index in [0.717, 1.165) is 16.7 Å². The molecule has 0 bridgehead atoms. The molecule has 0 saturated carbocycles. The van der Waals surface area contributed by atoms with Gasteiger partial charge in [-0.15, -0.1) is 0 Å². The molecule has 2 aromatic carbocycles. The number of hydrogen-bond acceptors (Lipinski definition) is 2. The van der Waals surface area contributed by atoms with E-state index in [9.17, 15) is 15.0 Å². The molecule has 26 heavy (non-hydrogen) atoms. The first kappa shape index (κ1) is 19.8. The van der Waals surface area contributed by atoms with Crippen molar-refractivity contribution < 1.29 is 15.0 Å². The Hall–Kier alpha value is -2.55. The smallest absolute Gasteiger partial charge is 0.336 e. The summed E-state index contributed by atoms with van der Waals surface area (Å²) in [5.41, 5.74) is 2.53. The van der Waals surface area contributed by atoms with Crippen LogP contribution in [0.15, 0.2) is 42.5 Å². The van der Waals surface area contributed by atoms with Gasteiger partial charge < -0.3 is 10.2 Å². The zero-order valence-electron chi connectivity index (χ0n) is 16.4. The van der Waals surface area contributed by atoms with Crippen molar-refractivity contribution in [3.8, 4) is 5.75 Å². The third kappa shape index (κ3) is 4.34. The summed E-state index contributed by atoms with van der Waals surface area (Å²) in [5, 5.41) is 20.6. The van der Waals surface area contributed by atoms with Gasteiger partial charge in [-0.2, -0.15) is 0 Å². The number of rotatable bonds is 3. The fraction of sp³-hybridized carbons (Fsp3) is 0.348. The van der Waals surface area contributed by atoms with E-state index < -0.39 is 5.97 Å². The van der Waals surface area contributed by atoms with Crippen LogP contribution in [0.2, 0.25) is 0 Å². The monoisotopic (exact) mass is 352 g/mol. The molecule has 0 radical (unpaired) electrons. The number of hydrogen-bond donors (Lipinski definition) is 2. The highest BCUT2D eigenvalue weighted by atomic mass is 16.4. The molecule has 0 fully saturated rings. The van der Waals surface area contributed by atoms with Gasteiger partial charge in [0.05, 0.1) is 5.57 Å². The Morgan fingerprint density at radius 3 is 1.73 bits per heavy atom. The minimum Gasteiger partial charge on any atom is -0.507 e. The van der Waals surface area contributed by atoms with Crippen LogP contribution in [0.5, 0.6) is 5.75 Å². The van der Waals surface area contributed by atoms with E-state index in [1.807, 2.05) is 71.9 Å². The number of aromatic hydroxyl groups is 1. The molecule has 0 atom stereocenters. The van der Waals surface area contributed by atoms with Crippen molar-refractivity contribution in [3.63, 3.8) is 0 Å². The maximum Gasteiger partial charge on any atom is 0.336 e. The van der Waals surface area contributed by atoms with E-state index in [0.29, 0.717) is 5.56 Å². The largest absolute Gasteiger partial charge is 0.507 e. The molecule has 0 unspecified atom stereocenters. The quantitative estimate of drug-likeness (QED) is 0.557. The van der Waals surface area contributed by atoms with Crippen molar-refractivity contribution in [1.82, 2.24) is 0 Å². The number of carbonyl (C=O) groups is 1. The van der Waals surface area contributed by atoms with Crippen molar-refractivity contribution >= 4 is 17.6 Å². The van der Waals surface area contributed by atoms with Crippen molar-refractivity contribution in [1.29, 1.82) is 0 Å². The Kier molecular flexibility index (Phi) is 5.31. The van der Waals surface area contributed by atoms with E-state index in [1.54, 1.807) is 18.2 Å². The molecular formula is C23H28O3. The second kappa shape index (κ2) is 6.99. The highest BCUT2D eigenvalue weighted by Crippen LogP contribution is 2.41. The van der Waals surface area contributed by atoms with Crippen LogP contribution >= 0.6 is 0 Å². The minimum absolute atomic E-state index is 0.215. The SMILES string of the molecule is CC(C)(C)c1cc(C(=Cc2ccccc2)C(=O)O)cc(C(C)(C)C)c1O. The summed E-state index contributed by atoms with van der Waals surface area (Å²) < 4.78 is 0. The van der Waals surface area contributed by atoms with E-state index in [-0.39, 0.29) is 22.2 Å². The molecule has 2 aromatic rings. The van der Waals surface area contributed by atoms with Gasteiger partial charge in [0.25, 0.3) is 0 Å². The summed E-state index contributed by atoms with van der Waals surface area (Å²) >= 11 is 0. The molecule has 0 aliphatic carbocycles. The molecule has 0 aliphatic rings. The highest BCUT2D eigenvalue weighted by molar-refractivity contribution is 6.20. The second-order valence-corrected chi connectivity index (χ2v) is 8.69. The van der Waals surface area contributed by atoms with Gasteiger partial charge in [-0.3, -0.25) is 0 Å². The minimum atomic E-state index is -0.987. The van der Waals surface area contributed by atoms with Gasteiger partial charge >= 0.3 is 5.97 Å². The number of carboxylic acids is 1. The molecule has 3 heteroatoms. The molecule has 0 aliphatic heterocycles. The summed E-state index contributed by atoms with van der Waals surface area (Å²) in [6, 6.07) is 13.0. The lowest BCUT2D eigenvalue weighted by molar-refractivity contribution is -0.130. The molecule has 0 amide bonds. The van der Waals surface area contributed by atoms with Crippen molar-refractivity contribution in [3.05, 3.63) is 64.7 Å². The Bertz CT molecular complexity index is 797. The van der Waals surface area contributed by atoms with Gasteiger partial charge in [0.15, 0.2) is 0 Å². The Balaban J connectivity index is 2.78. The summed E-state index contributed by atoms with van der Waals surface area (Å²) in [6.45, 7) is 12.1. The van der Waals surface area contributed by atoms with Crippen LogP contribution in [0.4, 0.5) is 0 Å². The van der Waals surface area contributed by atoms with Crippen molar-refractivity contribution in [2.75, 3.05) is 0 Å². The van der Waals surface area contributed by atoms with Crippen LogP contribution in [-0.2, 0) is 15.6 Å². The average Bonchev–Trinajstić information content (AvgIpc) is 2.51. The van der Waals surface area contributed by atoms with Crippen LogP contribution in [0.3, 0.4) is 0 Å². The fourth-order valence-corrected chi connectivity index (χ4v) is 2.92. The number of benzene rings is 2. The predicted molar refractivity (Wildman–Crippen MR) is 107 cm³/mol. The molecular weight excluding hydrogens is 324 g/mol. The number of phenolic OH excluding ortho intramolecular Hbond substituents is 1. The van der Waals surface area contributed by atoms with Crippen LogP contribution in [-0.4, -0.2) is 16.2 Å². The third-order valence-corrected chi connectivity index (χ3v) is 4.38. The topological polar surface area (TPSA) is 57.5 Å². The summed E-state index contributed by atoms with van der Waals surface area (Å²) in [4.78, 5) is 12.0. The van der Waals surface area contributed by atoms with Crippen molar-refractivity contribution in [2.45, 2.75) is 52.4 Å². The molecule has 2 rings (SSSR count). The predicted octanol–water partition coefficient (Wildman–Crippen LogP) is 5.61. The Labute approximate surface area is 156 Å². The zero-order valence-corrected chi connectivity index (χ0v) is 16.4. The van der Waals surface area contributed by atoms with Gasteiger partial charge in [-0.25, -0.2) is 4.79 Å². The lowest BCUT2D eigenvalue weighted by Crippen LogP contribution is -2.18. The Morgan fingerprint density at radius 1 is 0.885 bits per heavy atom. The molecule has 3 nitrogen and oxygen atoms in total. The maximum absolute atomic E-state index is 12.0. The van der Waals surface area contributed by atoms with E-state index in [2.05, 4.69) is 0 Å². The maximum atomic E-state index is 12.0. The highest BCUT2D eigenvalue weighted by Gasteiger charge is 2.28. The van der Waals surface area contributed by atoms with E-state index in [4.69, 9.17) is 0 Å². The standard InChI is InChI=1S/C23H28O3/c1-22(2,3)18-13-16(14-19(20(18)24)23(4,5)6)17(21(25)26)12-15-10-8-7-9-11-15/h7-14,24H,1-6H3,(H,25,26). The molecule has 0 aromatic heterocycles. The van der Waals surface area contributed by atoms with Crippen LogP contribution in [0.1, 0.15) is 63.8 Å². The number of carboxylic acid groups (broad SMARTS) is 1. The normalized spacial score (nSPS) is 12.9. The fourth-order valence-electron chi connectivity index (χ4n) is 2.92. The van der Waals surface area contributed by atoms with Gasteiger partial charge in [-0.05, 0) is 40.2 Å². The zero-order chi connectivity index (χ0) is 19.7.